The highest BCUT2D eigenvalue weighted by Crippen LogP contribution is 2.27. The van der Waals surface area contributed by atoms with Gasteiger partial charge in [-0.2, -0.15) is 5.10 Å². The second kappa shape index (κ2) is 7.49. The minimum absolute atomic E-state index is 0.134. The maximum atomic E-state index is 12.1. The van der Waals surface area contributed by atoms with Crippen molar-refractivity contribution in [2.75, 3.05) is 20.3 Å². The van der Waals surface area contributed by atoms with Crippen LogP contribution in [0.5, 0.6) is 11.5 Å². The molecule has 0 aliphatic rings. The molecule has 118 valence electrons. The number of amides is 1. The molecule has 1 aromatic carbocycles. The third-order valence-electron chi connectivity index (χ3n) is 3.18. The molecule has 0 bridgehead atoms. The maximum absolute atomic E-state index is 12.1. The van der Waals surface area contributed by atoms with Crippen LogP contribution in [0.4, 0.5) is 0 Å². The molecule has 2 rings (SSSR count). The van der Waals surface area contributed by atoms with Crippen molar-refractivity contribution < 1.29 is 14.3 Å². The summed E-state index contributed by atoms with van der Waals surface area (Å²) in [5.74, 6) is 1.06. The number of aryl methyl sites for hydroxylation is 1. The Morgan fingerprint density at radius 2 is 2.18 bits per heavy atom. The number of hydrogen-bond acceptors (Lipinski definition) is 4. The van der Waals surface area contributed by atoms with Crippen LogP contribution in [0.2, 0.25) is 0 Å². The van der Waals surface area contributed by atoms with E-state index in [1.54, 1.807) is 36.2 Å². The number of rotatable bonds is 7. The minimum atomic E-state index is -0.134. The van der Waals surface area contributed by atoms with Gasteiger partial charge in [-0.3, -0.25) is 9.48 Å². The molecule has 1 amide bonds. The number of benzene rings is 1. The molecule has 22 heavy (non-hydrogen) atoms. The molecule has 1 N–H and O–H groups in total. The topological polar surface area (TPSA) is 65.4 Å². The van der Waals surface area contributed by atoms with Crippen molar-refractivity contribution in [2.45, 2.75) is 13.3 Å². The highest BCUT2D eigenvalue weighted by atomic mass is 16.5. The molecule has 0 saturated carbocycles. The third kappa shape index (κ3) is 4.00. The number of hydrogen-bond donors (Lipinski definition) is 1. The van der Waals surface area contributed by atoms with E-state index in [0.717, 1.165) is 12.0 Å². The van der Waals surface area contributed by atoms with E-state index in [2.05, 4.69) is 10.4 Å². The van der Waals surface area contributed by atoms with Crippen LogP contribution in [0.3, 0.4) is 0 Å². The van der Waals surface area contributed by atoms with E-state index < -0.39 is 0 Å². The lowest BCUT2D eigenvalue weighted by Crippen LogP contribution is -2.25. The molecule has 0 spiro atoms. The zero-order chi connectivity index (χ0) is 15.9. The highest BCUT2D eigenvalue weighted by molar-refractivity contribution is 5.94. The van der Waals surface area contributed by atoms with E-state index in [-0.39, 0.29) is 5.91 Å². The average Bonchev–Trinajstić information content (AvgIpc) is 2.93. The van der Waals surface area contributed by atoms with Gasteiger partial charge in [0.2, 0.25) is 0 Å². The predicted molar refractivity (Wildman–Crippen MR) is 83.4 cm³/mol. The van der Waals surface area contributed by atoms with Gasteiger partial charge in [-0.05, 0) is 37.1 Å². The number of carbonyl (C=O) groups is 1. The Labute approximate surface area is 130 Å². The van der Waals surface area contributed by atoms with Crippen molar-refractivity contribution >= 4 is 5.91 Å². The molecule has 0 atom stereocenters. The predicted octanol–water partition coefficient (Wildman–Crippen LogP) is 1.80. The lowest BCUT2D eigenvalue weighted by Gasteiger charge is -2.11. The zero-order valence-corrected chi connectivity index (χ0v) is 13.1. The van der Waals surface area contributed by atoms with Gasteiger partial charge in [-0.1, -0.05) is 0 Å². The summed E-state index contributed by atoms with van der Waals surface area (Å²) in [6.07, 6.45) is 4.48. The van der Waals surface area contributed by atoms with Crippen LogP contribution in [-0.4, -0.2) is 35.9 Å². The summed E-state index contributed by atoms with van der Waals surface area (Å²) in [5, 5.41) is 6.98. The third-order valence-corrected chi connectivity index (χ3v) is 3.18. The normalized spacial score (nSPS) is 10.3. The first-order valence-electron chi connectivity index (χ1n) is 7.20. The summed E-state index contributed by atoms with van der Waals surface area (Å²) in [4.78, 5) is 12.1. The van der Waals surface area contributed by atoms with Gasteiger partial charge in [0.1, 0.15) is 0 Å². The highest BCUT2D eigenvalue weighted by Gasteiger charge is 2.10. The Hall–Kier alpha value is -2.50. The lowest BCUT2D eigenvalue weighted by molar-refractivity contribution is 0.0953. The van der Waals surface area contributed by atoms with Crippen LogP contribution in [0.25, 0.3) is 0 Å². The molecular weight excluding hydrogens is 282 g/mol. The van der Waals surface area contributed by atoms with Crippen molar-refractivity contribution in [1.29, 1.82) is 0 Å². The second-order valence-corrected chi connectivity index (χ2v) is 4.83. The fraction of sp³-hybridized carbons (Fsp3) is 0.375. The number of nitrogens with zero attached hydrogens (tertiary/aromatic N) is 2. The van der Waals surface area contributed by atoms with E-state index in [1.165, 1.54) is 0 Å². The van der Waals surface area contributed by atoms with Crippen molar-refractivity contribution in [3.05, 3.63) is 41.7 Å². The van der Waals surface area contributed by atoms with Crippen LogP contribution in [0.1, 0.15) is 22.8 Å². The standard InChI is InChI=1S/C16H21N3O3/c1-4-22-14-6-5-13(9-15(14)21-3)16(20)17-8-7-12-10-18-19(2)11-12/h5-6,9-11H,4,7-8H2,1-3H3,(H,17,20). The SMILES string of the molecule is CCOc1ccc(C(=O)NCCc2cnn(C)c2)cc1OC. The van der Waals surface area contributed by atoms with Crippen molar-refractivity contribution in [2.24, 2.45) is 7.05 Å². The monoisotopic (exact) mass is 303 g/mol. The van der Waals surface area contributed by atoms with Crippen molar-refractivity contribution in [1.82, 2.24) is 15.1 Å². The molecule has 0 saturated heterocycles. The zero-order valence-electron chi connectivity index (χ0n) is 13.1. The minimum Gasteiger partial charge on any atom is -0.493 e. The Morgan fingerprint density at radius 3 is 2.82 bits per heavy atom. The quantitative estimate of drug-likeness (QED) is 0.847. The molecule has 0 unspecified atom stereocenters. The van der Waals surface area contributed by atoms with Gasteiger partial charge in [0.25, 0.3) is 5.91 Å². The summed E-state index contributed by atoms with van der Waals surface area (Å²) in [6, 6.07) is 5.16. The van der Waals surface area contributed by atoms with Gasteiger partial charge in [0, 0.05) is 25.4 Å². The summed E-state index contributed by atoms with van der Waals surface area (Å²) in [7, 11) is 3.43. The first-order valence-corrected chi connectivity index (χ1v) is 7.20. The Bertz CT molecular complexity index is 637. The first-order chi connectivity index (χ1) is 10.6. The van der Waals surface area contributed by atoms with Crippen LogP contribution >= 0.6 is 0 Å². The van der Waals surface area contributed by atoms with Crippen LogP contribution < -0.4 is 14.8 Å². The van der Waals surface area contributed by atoms with Crippen LogP contribution in [0.15, 0.2) is 30.6 Å². The number of aromatic nitrogens is 2. The average molecular weight is 303 g/mol. The molecule has 6 nitrogen and oxygen atoms in total. The molecule has 0 aliphatic heterocycles. The Kier molecular flexibility index (Phi) is 5.41. The first kappa shape index (κ1) is 15.9. The maximum Gasteiger partial charge on any atom is 0.251 e. The van der Waals surface area contributed by atoms with Gasteiger partial charge in [0.05, 0.1) is 19.9 Å². The molecule has 2 aromatic rings. The van der Waals surface area contributed by atoms with Gasteiger partial charge >= 0.3 is 0 Å². The molecule has 0 fully saturated rings. The van der Waals surface area contributed by atoms with E-state index in [4.69, 9.17) is 9.47 Å². The summed E-state index contributed by atoms with van der Waals surface area (Å²) >= 11 is 0. The molecule has 6 heteroatoms. The van der Waals surface area contributed by atoms with Crippen molar-refractivity contribution in [3.63, 3.8) is 0 Å². The fourth-order valence-corrected chi connectivity index (χ4v) is 2.11. The van der Waals surface area contributed by atoms with E-state index in [9.17, 15) is 4.79 Å². The van der Waals surface area contributed by atoms with Crippen LogP contribution in [-0.2, 0) is 13.5 Å². The largest absolute Gasteiger partial charge is 0.493 e. The van der Waals surface area contributed by atoms with Crippen LogP contribution in [0, 0.1) is 0 Å². The summed E-state index contributed by atoms with van der Waals surface area (Å²) in [6.45, 7) is 3.01. The van der Waals surface area contributed by atoms with Gasteiger partial charge in [-0.25, -0.2) is 0 Å². The number of carbonyl (C=O) groups excluding carboxylic acids is 1. The summed E-state index contributed by atoms with van der Waals surface area (Å²) < 4.78 is 12.4. The van der Waals surface area contributed by atoms with Gasteiger partial charge < -0.3 is 14.8 Å². The summed E-state index contributed by atoms with van der Waals surface area (Å²) in [5.41, 5.74) is 1.64. The van der Waals surface area contributed by atoms with E-state index in [0.29, 0.717) is 30.2 Å². The van der Waals surface area contributed by atoms with E-state index >= 15 is 0 Å². The van der Waals surface area contributed by atoms with Gasteiger partial charge in [0.15, 0.2) is 11.5 Å². The van der Waals surface area contributed by atoms with Crippen molar-refractivity contribution in [3.8, 4) is 11.5 Å². The Morgan fingerprint density at radius 1 is 1.36 bits per heavy atom. The molecule has 0 aliphatic carbocycles. The fourth-order valence-electron chi connectivity index (χ4n) is 2.11. The molecule has 1 heterocycles. The number of ether oxygens (including phenoxy) is 2. The molecular formula is C16H21N3O3. The smallest absolute Gasteiger partial charge is 0.251 e. The molecule has 1 aromatic heterocycles. The van der Waals surface area contributed by atoms with Gasteiger partial charge in [-0.15, -0.1) is 0 Å². The number of methoxy groups -OCH3 is 1. The second-order valence-electron chi connectivity index (χ2n) is 4.83. The molecule has 0 radical (unpaired) electrons. The van der Waals surface area contributed by atoms with E-state index in [1.807, 2.05) is 20.2 Å². The Balaban J connectivity index is 1.94. The lowest BCUT2D eigenvalue weighted by atomic mass is 10.2. The number of nitrogens with one attached hydrogen (secondary N) is 1.